The zero-order valence-electron chi connectivity index (χ0n) is 7.93. The summed E-state index contributed by atoms with van der Waals surface area (Å²) in [4.78, 5) is 0. The van der Waals surface area contributed by atoms with Crippen LogP contribution in [0.25, 0.3) is 0 Å². The Balaban J connectivity index is 3.07. The number of rotatable bonds is 3. The summed E-state index contributed by atoms with van der Waals surface area (Å²) in [6, 6.07) is 2.39. The monoisotopic (exact) mass is 217 g/mol. The molecule has 0 heterocycles. The second-order valence-corrected chi connectivity index (χ2v) is 3.71. The third-order valence-electron chi connectivity index (χ3n) is 2.19. The molecule has 0 aliphatic carbocycles. The van der Waals surface area contributed by atoms with Crippen molar-refractivity contribution in [2.24, 2.45) is 5.73 Å². The number of phenolic OH excluding ortho intramolecular Hbond substituents is 1. The van der Waals surface area contributed by atoms with Gasteiger partial charge in [0.2, 0.25) is 0 Å². The van der Waals surface area contributed by atoms with E-state index in [1.54, 1.807) is 0 Å². The number of benzene rings is 1. The van der Waals surface area contributed by atoms with Gasteiger partial charge in [-0.2, -0.15) is 0 Å². The van der Waals surface area contributed by atoms with Crippen LogP contribution in [0, 0.1) is 5.82 Å². The van der Waals surface area contributed by atoms with Crippen LogP contribution in [0.4, 0.5) is 4.39 Å². The van der Waals surface area contributed by atoms with Crippen LogP contribution in [0.1, 0.15) is 24.8 Å². The van der Waals surface area contributed by atoms with Crippen LogP contribution in [-0.4, -0.2) is 11.7 Å². The van der Waals surface area contributed by atoms with Crippen LogP contribution in [-0.2, 0) is 0 Å². The van der Waals surface area contributed by atoms with Gasteiger partial charge in [-0.05, 0) is 31.0 Å². The maximum absolute atomic E-state index is 13.0. The first-order chi connectivity index (χ1) is 6.56. The van der Waals surface area contributed by atoms with E-state index < -0.39 is 5.82 Å². The molecule has 1 unspecified atom stereocenters. The highest BCUT2D eigenvalue weighted by molar-refractivity contribution is 6.32. The molecule has 0 fully saturated rings. The lowest BCUT2D eigenvalue weighted by Crippen LogP contribution is -2.05. The van der Waals surface area contributed by atoms with Crippen molar-refractivity contribution >= 4 is 11.6 Å². The molecule has 0 saturated heterocycles. The fraction of sp³-hybridized carbons (Fsp3) is 0.400. The Morgan fingerprint density at radius 3 is 2.79 bits per heavy atom. The summed E-state index contributed by atoms with van der Waals surface area (Å²) in [5.74, 6) is -0.478. The van der Waals surface area contributed by atoms with Crippen LogP contribution in [0.2, 0.25) is 5.02 Å². The third-order valence-corrected chi connectivity index (χ3v) is 2.48. The first kappa shape index (κ1) is 11.3. The zero-order valence-corrected chi connectivity index (χ0v) is 8.68. The fourth-order valence-electron chi connectivity index (χ4n) is 1.37. The van der Waals surface area contributed by atoms with Crippen LogP contribution in [0.5, 0.6) is 5.75 Å². The highest BCUT2D eigenvalue weighted by atomic mass is 35.5. The molecular formula is C10H13ClFNO. The van der Waals surface area contributed by atoms with Crippen LogP contribution in [0.3, 0.4) is 0 Å². The molecule has 1 aromatic rings. The molecule has 0 aliphatic rings. The molecule has 2 nitrogen and oxygen atoms in total. The number of hydrogen-bond donors (Lipinski definition) is 2. The molecule has 1 rings (SSSR count). The van der Waals surface area contributed by atoms with Gasteiger partial charge in [0.05, 0.1) is 5.02 Å². The molecular weight excluding hydrogens is 205 g/mol. The molecule has 0 saturated carbocycles. The van der Waals surface area contributed by atoms with Gasteiger partial charge in [0.25, 0.3) is 0 Å². The summed E-state index contributed by atoms with van der Waals surface area (Å²) in [6.45, 7) is 2.37. The summed E-state index contributed by atoms with van der Waals surface area (Å²) in [5.41, 5.74) is 5.90. The molecule has 3 N–H and O–H groups in total. The second kappa shape index (κ2) is 4.62. The van der Waals surface area contributed by atoms with E-state index in [2.05, 4.69) is 0 Å². The number of halogens is 2. The Labute approximate surface area is 87.5 Å². The van der Waals surface area contributed by atoms with E-state index in [1.807, 2.05) is 6.92 Å². The topological polar surface area (TPSA) is 46.2 Å². The molecule has 1 atom stereocenters. The van der Waals surface area contributed by atoms with E-state index >= 15 is 0 Å². The molecule has 0 amide bonds. The van der Waals surface area contributed by atoms with Crippen LogP contribution < -0.4 is 5.73 Å². The van der Waals surface area contributed by atoms with Crippen molar-refractivity contribution in [3.05, 3.63) is 28.5 Å². The second-order valence-electron chi connectivity index (χ2n) is 3.30. The Hall–Kier alpha value is -0.800. The van der Waals surface area contributed by atoms with E-state index in [9.17, 15) is 9.50 Å². The Morgan fingerprint density at radius 2 is 2.21 bits per heavy atom. The summed E-state index contributed by atoms with van der Waals surface area (Å²) in [6.07, 6.45) is 0.688. The van der Waals surface area contributed by atoms with Gasteiger partial charge in [0.15, 0.2) is 0 Å². The molecule has 0 bridgehead atoms. The molecule has 14 heavy (non-hydrogen) atoms. The fourth-order valence-corrected chi connectivity index (χ4v) is 1.58. The Kier molecular flexibility index (Phi) is 3.72. The van der Waals surface area contributed by atoms with Crippen molar-refractivity contribution in [2.75, 3.05) is 6.54 Å². The third kappa shape index (κ3) is 2.36. The summed E-state index contributed by atoms with van der Waals surface area (Å²) in [5, 5.41) is 9.62. The first-order valence-corrected chi connectivity index (χ1v) is 4.82. The Bertz CT molecular complexity index is 330. The summed E-state index contributed by atoms with van der Waals surface area (Å²) >= 11 is 5.64. The standard InChI is InChI=1S/C10H13ClFNO/c1-6(2-3-13)8-4-7(12)5-9(11)10(8)14/h4-6,14H,2-3,13H2,1H3. The van der Waals surface area contributed by atoms with E-state index in [0.29, 0.717) is 18.5 Å². The average molecular weight is 218 g/mol. The lowest BCUT2D eigenvalue weighted by molar-refractivity contribution is 0.458. The van der Waals surface area contributed by atoms with E-state index in [-0.39, 0.29) is 16.7 Å². The van der Waals surface area contributed by atoms with Crippen molar-refractivity contribution in [3.63, 3.8) is 0 Å². The van der Waals surface area contributed by atoms with Gasteiger partial charge in [-0.3, -0.25) is 0 Å². The van der Waals surface area contributed by atoms with Crippen LogP contribution >= 0.6 is 11.6 Å². The molecule has 0 aromatic heterocycles. The van der Waals surface area contributed by atoms with Gasteiger partial charge in [-0.15, -0.1) is 0 Å². The predicted octanol–water partition coefficient (Wildman–Crippen LogP) is 2.64. The maximum atomic E-state index is 13.0. The van der Waals surface area contributed by atoms with Crippen molar-refractivity contribution in [1.82, 2.24) is 0 Å². The lowest BCUT2D eigenvalue weighted by Gasteiger charge is -2.13. The quantitative estimate of drug-likeness (QED) is 0.818. The molecule has 0 spiro atoms. The van der Waals surface area contributed by atoms with Crippen LogP contribution in [0.15, 0.2) is 12.1 Å². The van der Waals surface area contributed by atoms with E-state index in [1.165, 1.54) is 6.07 Å². The van der Waals surface area contributed by atoms with E-state index in [4.69, 9.17) is 17.3 Å². The number of hydrogen-bond acceptors (Lipinski definition) is 2. The van der Waals surface area contributed by atoms with Gasteiger partial charge in [0, 0.05) is 5.56 Å². The first-order valence-electron chi connectivity index (χ1n) is 4.44. The minimum absolute atomic E-state index is 0.00759. The highest BCUT2D eigenvalue weighted by Gasteiger charge is 2.14. The number of phenols is 1. The largest absolute Gasteiger partial charge is 0.506 e. The lowest BCUT2D eigenvalue weighted by atomic mass is 9.97. The number of nitrogens with two attached hydrogens (primary N) is 1. The molecule has 0 aliphatic heterocycles. The van der Waals surface area contributed by atoms with E-state index in [0.717, 1.165) is 6.07 Å². The summed E-state index contributed by atoms with van der Waals surface area (Å²) in [7, 11) is 0. The zero-order chi connectivity index (χ0) is 10.7. The smallest absolute Gasteiger partial charge is 0.137 e. The predicted molar refractivity (Wildman–Crippen MR) is 55.2 cm³/mol. The average Bonchev–Trinajstić information content (AvgIpc) is 2.11. The normalized spacial score (nSPS) is 12.9. The van der Waals surface area contributed by atoms with Gasteiger partial charge in [-0.25, -0.2) is 4.39 Å². The van der Waals surface area contributed by atoms with Gasteiger partial charge in [-0.1, -0.05) is 18.5 Å². The van der Waals surface area contributed by atoms with Gasteiger partial charge >= 0.3 is 0 Å². The van der Waals surface area contributed by atoms with Crippen molar-refractivity contribution in [1.29, 1.82) is 0 Å². The minimum Gasteiger partial charge on any atom is -0.506 e. The molecule has 78 valence electrons. The molecule has 0 radical (unpaired) electrons. The van der Waals surface area contributed by atoms with Crippen molar-refractivity contribution in [2.45, 2.75) is 19.3 Å². The Morgan fingerprint density at radius 1 is 1.57 bits per heavy atom. The van der Waals surface area contributed by atoms with Gasteiger partial charge in [0.1, 0.15) is 11.6 Å². The van der Waals surface area contributed by atoms with Crippen molar-refractivity contribution < 1.29 is 9.50 Å². The summed E-state index contributed by atoms with van der Waals surface area (Å²) < 4.78 is 13.0. The van der Waals surface area contributed by atoms with Crippen molar-refractivity contribution in [3.8, 4) is 5.75 Å². The molecule has 4 heteroatoms. The number of aromatic hydroxyl groups is 1. The minimum atomic E-state index is -0.438. The maximum Gasteiger partial charge on any atom is 0.137 e. The molecule has 1 aromatic carbocycles. The highest BCUT2D eigenvalue weighted by Crippen LogP contribution is 2.34. The SMILES string of the molecule is CC(CCN)c1cc(F)cc(Cl)c1O. The van der Waals surface area contributed by atoms with Gasteiger partial charge < -0.3 is 10.8 Å².